The number of methoxy groups -OCH3 is 1. The second-order valence-electron chi connectivity index (χ2n) is 11.2. The first-order chi connectivity index (χ1) is 18.0. The molecule has 38 heavy (non-hydrogen) atoms. The van der Waals surface area contributed by atoms with Gasteiger partial charge in [-0.2, -0.15) is 0 Å². The molecule has 1 saturated carbocycles. The number of ether oxygens (including phenoxy) is 4. The van der Waals surface area contributed by atoms with E-state index in [1.54, 1.807) is 19.1 Å². The summed E-state index contributed by atoms with van der Waals surface area (Å²) < 4.78 is 24.9. The molecule has 208 valence electrons. The molecule has 9 nitrogen and oxygen atoms in total. The van der Waals surface area contributed by atoms with Gasteiger partial charge in [-0.25, -0.2) is 9.59 Å². The Kier molecular flexibility index (Phi) is 7.41. The summed E-state index contributed by atoms with van der Waals surface area (Å²) in [6, 6.07) is 3.37. The highest BCUT2D eigenvalue weighted by atomic mass is 79.9. The van der Waals surface area contributed by atoms with Crippen LogP contribution in [0, 0.1) is 29.6 Å². The van der Waals surface area contributed by atoms with Gasteiger partial charge in [-0.3, -0.25) is 0 Å². The topological polar surface area (TPSA) is 127 Å². The number of aromatic amines is 1. The number of halogens is 1. The van der Waals surface area contributed by atoms with E-state index < -0.39 is 54.2 Å². The molecule has 1 saturated heterocycles. The molecule has 2 aliphatic carbocycles. The minimum atomic E-state index is -0.944. The van der Waals surface area contributed by atoms with Crippen molar-refractivity contribution in [2.24, 2.45) is 29.6 Å². The fourth-order valence-corrected chi connectivity index (χ4v) is 7.52. The van der Waals surface area contributed by atoms with Crippen LogP contribution in [0.1, 0.15) is 44.6 Å². The van der Waals surface area contributed by atoms with E-state index in [1.165, 1.54) is 7.11 Å². The van der Waals surface area contributed by atoms with E-state index in [2.05, 4.69) is 20.9 Å². The summed E-state index contributed by atoms with van der Waals surface area (Å²) in [5, 5.41) is 22.1. The summed E-state index contributed by atoms with van der Waals surface area (Å²) in [5.41, 5.74) is 0.254. The fourth-order valence-electron chi connectivity index (χ4n) is 7.17. The molecule has 2 fully saturated rings. The number of carbonyl (C=O) groups excluding carboxylic acids is 2. The van der Waals surface area contributed by atoms with E-state index in [1.807, 2.05) is 39.0 Å². The molecule has 0 unspecified atom stereocenters. The van der Waals surface area contributed by atoms with E-state index >= 15 is 0 Å². The highest BCUT2D eigenvalue weighted by Crippen LogP contribution is 2.61. The molecule has 3 N–H and O–H groups in total. The first-order valence-electron chi connectivity index (χ1n) is 13.2. The predicted octanol–water partition coefficient (Wildman–Crippen LogP) is 3.16. The molecule has 3 heterocycles. The van der Waals surface area contributed by atoms with Gasteiger partial charge in [-0.15, -0.1) is 0 Å². The maximum absolute atomic E-state index is 13.1. The summed E-state index contributed by atoms with van der Waals surface area (Å²) >= 11 is 3.32. The van der Waals surface area contributed by atoms with Crippen molar-refractivity contribution in [2.45, 2.75) is 76.3 Å². The van der Waals surface area contributed by atoms with Crippen molar-refractivity contribution in [3.63, 3.8) is 0 Å². The third-order valence-electron chi connectivity index (χ3n) is 8.99. The van der Waals surface area contributed by atoms with Gasteiger partial charge in [0, 0.05) is 36.7 Å². The lowest BCUT2D eigenvalue weighted by Gasteiger charge is -2.48. The van der Waals surface area contributed by atoms with Crippen molar-refractivity contribution >= 4 is 27.9 Å². The lowest BCUT2D eigenvalue weighted by molar-refractivity contribution is -0.172. The van der Waals surface area contributed by atoms with Crippen LogP contribution in [0.15, 0.2) is 40.5 Å². The van der Waals surface area contributed by atoms with Gasteiger partial charge in [-0.05, 0) is 53.9 Å². The molecule has 2 aliphatic heterocycles. The Morgan fingerprint density at radius 3 is 2.66 bits per heavy atom. The van der Waals surface area contributed by atoms with Gasteiger partial charge in [0.1, 0.15) is 29.6 Å². The summed E-state index contributed by atoms with van der Waals surface area (Å²) in [4.78, 5) is 29.0. The maximum atomic E-state index is 13.1. The number of carbonyl (C=O) groups is 2. The minimum absolute atomic E-state index is 0.187. The van der Waals surface area contributed by atoms with Gasteiger partial charge in [0.15, 0.2) is 6.10 Å². The van der Waals surface area contributed by atoms with Crippen LogP contribution in [0.3, 0.4) is 0 Å². The Labute approximate surface area is 230 Å². The fraction of sp³-hybridized carbons (Fsp3) is 0.643. The second-order valence-corrected chi connectivity index (χ2v) is 12.1. The highest BCUT2D eigenvalue weighted by Gasteiger charge is 2.69. The van der Waals surface area contributed by atoms with Crippen LogP contribution in [-0.2, 0) is 23.7 Å². The molecular weight excluding hydrogens is 558 g/mol. The number of aliphatic hydroxyl groups is 2. The van der Waals surface area contributed by atoms with Gasteiger partial charge in [0.05, 0.1) is 16.8 Å². The van der Waals surface area contributed by atoms with Crippen molar-refractivity contribution in [3.05, 3.63) is 46.2 Å². The van der Waals surface area contributed by atoms with Crippen LogP contribution in [0.4, 0.5) is 0 Å². The smallest absolute Gasteiger partial charge is 0.355 e. The largest absolute Gasteiger partial charge is 0.457 e. The summed E-state index contributed by atoms with van der Waals surface area (Å²) in [5.74, 6) is -2.57. The number of H-pyrrole nitrogens is 1. The average Bonchev–Trinajstić information content (AvgIpc) is 3.38. The Morgan fingerprint density at radius 1 is 1.29 bits per heavy atom. The zero-order chi connectivity index (χ0) is 27.5. The van der Waals surface area contributed by atoms with Crippen molar-refractivity contribution in [3.8, 4) is 0 Å². The molecule has 5 rings (SSSR count). The summed E-state index contributed by atoms with van der Waals surface area (Å²) in [6.07, 6.45) is 1.79. The predicted molar refractivity (Wildman–Crippen MR) is 140 cm³/mol. The number of hydrogen-bond acceptors (Lipinski definition) is 8. The summed E-state index contributed by atoms with van der Waals surface area (Å²) in [7, 11) is 1.46. The maximum Gasteiger partial charge on any atom is 0.355 e. The van der Waals surface area contributed by atoms with E-state index in [0.717, 1.165) is 5.57 Å². The number of rotatable bonds is 4. The Bertz CT molecular complexity index is 1150. The van der Waals surface area contributed by atoms with Crippen LogP contribution < -0.4 is 0 Å². The Hall–Kier alpha value is -1.98. The van der Waals surface area contributed by atoms with Crippen molar-refractivity contribution < 1.29 is 38.7 Å². The van der Waals surface area contributed by atoms with Crippen LogP contribution in [0.5, 0.6) is 0 Å². The molecule has 1 aromatic rings. The van der Waals surface area contributed by atoms with E-state index in [0.29, 0.717) is 10.3 Å². The van der Waals surface area contributed by atoms with Gasteiger partial charge in [0.2, 0.25) is 0 Å². The van der Waals surface area contributed by atoms with Gasteiger partial charge in [0.25, 0.3) is 0 Å². The SMILES string of the molecule is CO[C@H]1C[C@H]2C=C[C@H]3[C@H]4O[C@]2(/C(C)=C/[C@@H](C)[C@@H]([C@@H](C)O)OC1=O)[C@@H]3[C@H](O)[C@@H](C)[C@H]4OC(=O)c1ccc(Br)[nH]1. The van der Waals surface area contributed by atoms with Gasteiger partial charge >= 0.3 is 11.9 Å². The van der Waals surface area contributed by atoms with Crippen LogP contribution in [0.2, 0.25) is 0 Å². The molecule has 10 heteroatoms. The number of hydrogen-bond donors (Lipinski definition) is 3. The van der Waals surface area contributed by atoms with Crippen molar-refractivity contribution in [1.82, 2.24) is 4.98 Å². The van der Waals surface area contributed by atoms with Gasteiger partial charge < -0.3 is 34.1 Å². The first kappa shape index (κ1) is 27.6. The zero-order valence-corrected chi connectivity index (χ0v) is 23.8. The zero-order valence-electron chi connectivity index (χ0n) is 22.2. The minimum Gasteiger partial charge on any atom is -0.457 e. The monoisotopic (exact) mass is 593 g/mol. The molecule has 4 aliphatic rings. The normalized spacial score (nSPS) is 44.4. The van der Waals surface area contributed by atoms with Crippen molar-refractivity contribution in [1.29, 1.82) is 0 Å². The third-order valence-corrected chi connectivity index (χ3v) is 9.45. The molecule has 1 spiro atoms. The number of nitrogens with one attached hydrogen (secondary N) is 1. The Morgan fingerprint density at radius 2 is 2.03 bits per heavy atom. The Balaban J connectivity index is 1.56. The van der Waals surface area contributed by atoms with E-state index in [9.17, 15) is 19.8 Å². The van der Waals surface area contributed by atoms with Crippen molar-refractivity contribution in [2.75, 3.05) is 7.11 Å². The number of aromatic nitrogens is 1. The average molecular weight is 594 g/mol. The van der Waals surface area contributed by atoms with Crippen LogP contribution in [0.25, 0.3) is 0 Å². The molecular formula is C28H36BrNO8. The molecule has 1 aromatic heterocycles. The van der Waals surface area contributed by atoms with E-state index in [-0.39, 0.29) is 36.0 Å². The second kappa shape index (κ2) is 10.2. The lowest BCUT2D eigenvalue weighted by Crippen LogP contribution is -2.57. The molecule has 12 atom stereocenters. The quantitative estimate of drug-likeness (QED) is 0.359. The van der Waals surface area contributed by atoms with E-state index in [4.69, 9.17) is 18.9 Å². The van der Waals surface area contributed by atoms with Crippen LogP contribution >= 0.6 is 15.9 Å². The van der Waals surface area contributed by atoms with Gasteiger partial charge in [-0.1, -0.05) is 32.1 Å². The number of cyclic esters (lactones) is 1. The molecule has 0 amide bonds. The van der Waals surface area contributed by atoms with Crippen LogP contribution in [-0.4, -0.2) is 76.5 Å². The molecule has 0 aromatic carbocycles. The lowest BCUT2D eigenvalue weighted by atomic mass is 9.57. The highest BCUT2D eigenvalue weighted by molar-refractivity contribution is 9.10. The first-order valence-corrected chi connectivity index (χ1v) is 14.0. The molecule has 4 bridgehead atoms. The number of aliphatic hydroxyl groups excluding tert-OH is 2. The standard InChI is InChI=1S/C28H36BrNO8/c1-12-10-13(2)28-16(11-19(35-5)27(34)36-23(12)15(4)31)6-7-17-21(28)22(32)14(3)24(25(17)38-28)37-26(33)18-8-9-20(29)30-18/h6-10,12,14-17,19,21-25,30-32H,11H2,1-5H3/b13-10+/t12-,14-,15-,16-,17-,19+,21+,22-,23+,24-,25-,28+/m1/s1. The molecule has 0 radical (unpaired) electrons. The summed E-state index contributed by atoms with van der Waals surface area (Å²) in [6.45, 7) is 7.34. The number of esters is 2. The third kappa shape index (κ3) is 4.29.